The van der Waals surface area contributed by atoms with E-state index in [2.05, 4.69) is 10.6 Å². The highest BCUT2D eigenvalue weighted by atomic mass is 16.3. The maximum absolute atomic E-state index is 11.9. The number of amides is 1. The van der Waals surface area contributed by atoms with Crippen molar-refractivity contribution < 1.29 is 9.90 Å². The standard InChI is InChI=1S/C14H20N2O2/c17-13-5-1-3-11(9-13)6-8-16-14(18)12-4-2-7-15-10-12/h1,3,5,9,12,15,17H,2,4,6-8,10H2,(H,16,18). The molecule has 1 aliphatic heterocycles. The quantitative estimate of drug-likeness (QED) is 0.746. The van der Waals surface area contributed by atoms with E-state index < -0.39 is 0 Å². The SMILES string of the molecule is O=C(NCCc1cccc(O)c1)C1CCCNC1. The van der Waals surface area contributed by atoms with Gasteiger partial charge in [-0.25, -0.2) is 0 Å². The van der Waals surface area contributed by atoms with E-state index in [9.17, 15) is 9.90 Å². The van der Waals surface area contributed by atoms with Crippen molar-refractivity contribution in [3.63, 3.8) is 0 Å². The topological polar surface area (TPSA) is 61.4 Å². The van der Waals surface area contributed by atoms with E-state index in [1.807, 2.05) is 12.1 Å². The van der Waals surface area contributed by atoms with Crippen LogP contribution in [0.4, 0.5) is 0 Å². The third-order valence-electron chi connectivity index (χ3n) is 3.29. The van der Waals surface area contributed by atoms with Gasteiger partial charge < -0.3 is 15.7 Å². The molecular formula is C14H20N2O2. The molecule has 1 fully saturated rings. The second kappa shape index (κ2) is 6.40. The number of phenols is 1. The molecule has 0 aromatic heterocycles. The molecule has 0 radical (unpaired) electrons. The van der Waals surface area contributed by atoms with Gasteiger partial charge in [0.2, 0.25) is 5.91 Å². The molecule has 18 heavy (non-hydrogen) atoms. The Morgan fingerprint density at radius 1 is 1.50 bits per heavy atom. The molecule has 1 heterocycles. The van der Waals surface area contributed by atoms with Crippen LogP contribution in [-0.2, 0) is 11.2 Å². The van der Waals surface area contributed by atoms with Crippen LogP contribution in [0.5, 0.6) is 5.75 Å². The zero-order valence-electron chi connectivity index (χ0n) is 10.5. The van der Waals surface area contributed by atoms with Crippen LogP contribution in [0.25, 0.3) is 0 Å². The molecule has 1 aliphatic rings. The van der Waals surface area contributed by atoms with E-state index in [0.717, 1.165) is 37.9 Å². The lowest BCUT2D eigenvalue weighted by Crippen LogP contribution is -2.41. The van der Waals surface area contributed by atoms with Gasteiger partial charge in [-0.2, -0.15) is 0 Å². The third-order valence-corrected chi connectivity index (χ3v) is 3.29. The summed E-state index contributed by atoms with van der Waals surface area (Å²) >= 11 is 0. The van der Waals surface area contributed by atoms with Crippen molar-refractivity contribution in [3.05, 3.63) is 29.8 Å². The smallest absolute Gasteiger partial charge is 0.224 e. The van der Waals surface area contributed by atoms with Gasteiger partial charge >= 0.3 is 0 Å². The maximum atomic E-state index is 11.9. The summed E-state index contributed by atoms with van der Waals surface area (Å²) in [6.07, 6.45) is 2.80. The molecule has 2 rings (SSSR count). The largest absolute Gasteiger partial charge is 0.508 e. The van der Waals surface area contributed by atoms with E-state index in [0.29, 0.717) is 6.54 Å². The average molecular weight is 248 g/mol. The maximum Gasteiger partial charge on any atom is 0.224 e. The lowest BCUT2D eigenvalue weighted by atomic mass is 9.99. The van der Waals surface area contributed by atoms with Crippen molar-refractivity contribution in [2.75, 3.05) is 19.6 Å². The molecule has 0 aliphatic carbocycles. The highest BCUT2D eigenvalue weighted by Gasteiger charge is 2.19. The lowest BCUT2D eigenvalue weighted by molar-refractivity contribution is -0.125. The highest BCUT2D eigenvalue weighted by Crippen LogP contribution is 2.12. The Balaban J connectivity index is 1.73. The van der Waals surface area contributed by atoms with Gasteiger partial charge in [0, 0.05) is 13.1 Å². The van der Waals surface area contributed by atoms with Crippen molar-refractivity contribution in [3.8, 4) is 5.75 Å². The Hall–Kier alpha value is -1.55. The molecule has 1 aromatic rings. The Morgan fingerprint density at radius 3 is 3.11 bits per heavy atom. The summed E-state index contributed by atoms with van der Waals surface area (Å²) < 4.78 is 0. The van der Waals surface area contributed by atoms with Gasteiger partial charge in [0.1, 0.15) is 5.75 Å². The van der Waals surface area contributed by atoms with E-state index in [1.165, 1.54) is 0 Å². The predicted molar refractivity (Wildman–Crippen MR) is 70.4 cm³/mol. The van der Waals surface area contributed by atoms with Gasteiger partial charge in [-0.15, -0.1) is 0 Å². The van der Waals surface area contributed by atoms with Gasteiger partial charge in [-0.05, 0) is 43.5 Å². The van der Waals surface area contributed by atoms with E-state index in [1.54, 1.807) is 12.1 Å². The van der Waals surface area contributed by atoms with E-state index in [-0.39, 0.29) is 17.6 Å². The van der Waals surface area contributed by atoms with Gasteiger partial charge in [-0.1, -0.05) is 12.1 Å². The van der Waals surface area contributed by atoms with Gasteiger partial charge in [-0.3, -0.25) is 4.79 Å². The molecule has 98 valence electrons. The lowest BCUT2D eigenvalue weighted by Gasteiger charge is -2.21. The Kier molecular flexibility index (Phi) is 4.59. The summed E-state index contributed by atoms with van der Waals surface area (Å²) in [6, 6.07) is 7.15. The molecule has 0 bridgehead atoms. The number of phenolic OH excluding ortho intramolecular Hbond substituents is 1. The number of carbonyl (C=O) groups is 1. The fourth-order valence-electron chi connectivity index (χ4n) is 2.26. The number of aromatic hydroxyl groups is 1. The first-order chi connectivity index (χ1) is 8.75. The summed E-state index contributed by atoms with van der Waals surface area (Å²) in [4.78, 5) is 11.9. The number of hydrogen-bond donors (Lipinski definition) is 3. The molecule has 1 atom stereocenters. The zero-order valence-corrected chi connectivity index (χ0v) is 10.5. The summed E-state index contributed by atoms with van der Waals surface area (Å²) in [7, 11) is 0. The monoisotopic (exact) mass is 248 g/mol. The molecule has 4 heteroatoms. The minimum Gasteiger partial charge on any atom is -0.508 e. The van der Waals surface area contributed by atoms with Gasteiger partial charge in [0.25, 0.3) is 0 Å². The predicted octanol–water partition coefficient (Wildman–Crippen LogP) is 1.05. The van der Waals surface area contributed by atoms with Crippen LogP contribution in [0.2, 0.25) is 0 Å². The summed E-state index contributed by atoms with van der Waals surface area (Å²) in [6.45, 7) is 2.43. The molecule has 1 aromatic carbocycles. The first kappa shape index (κ1) is 12.9. The van der Waals surface area contributed by atoms with Crippen molar-refractivity contribution in [2.45, 2.75) is 19.3 Å². The summed E-state index contributed by atoms with van der Waals surface area (Å²) in [5.41, 5.74) is 1.04. The summed E-state index contributed by atoms with van der Waals surface area (Å²) in [5, 5.41) is 15.5. The second-order valence-electron chi connectivity index (χ2n) is 4.75. The number of piperidine rings is 1. The Morgan fingerprint density at radius 2 is 2.39 bits per heavy atom. The molecule has 4 nitrogen and oxygen atoms in total. The number of nitrogens with one attached hydrogen (secondary N) is 2. The molecule has 1 saturated heterocycles. The number of carbonyl (C=O) groups excluding carboxylic acids is 1. The van der Waals surface area contributed by atoms with E-state index >= 15 is 0 Å². The van der Waals surface area contributed by atoms with Gasteiger partial charge in [0.15, 0.2) is 0 Å². The fourth-order valence-corrected chi connectivity index (χ4v) is 2.26. The first-order valence-corrected chi connectivity index (χ1v) is 6.52. The van der Waals surface area contributed by atoms with Crippen LogP contribution in [0, 0.1) is 5.92 Å². The van der Waals surface area contributed by atoms with Crippen LogP contribution in [-0.4, -0.2) is 30.6 Å². The summed E-state index contributed by atoms with van der Waals surface area (Å²) in [5.74, 6) is 0.528. The van der Waals surface area contributed by atoms with Crippen LogP contribution >= 0.6 is 0 Å². The van der Waals surface area contributed by atoms with Crippen molar-refractivity contribution in [2.24, 2.45) is 5.92 Å². The third kappa shape index (κ3) is 3.74. The average Bonchev–Trinajstić information content (AvgIpc) is 2.40. The van der Waals surface area contributed by atoms with Crippen molar-refractivity contribution in [1.29, 1.82) is 0 Å². The number of hydrogen-bond acceptors (Lipinski definition) is 3. The number of benzene rings is 1. The van der Waals surface area contributed by atoms with Crippen LogP contribution in [0.1, 0.15) is 18.4 Å². The Bertz CT molecular complexity index is 401. The van der Waals surface area contributed by atoms with Gasteiger partial charge in [0.05, 0.1) is 5.92 Å². The van der Waals surface area contributed by atoms with Crippen molar-refractivity contribution >= 4 is 5.91 Å². The molecule has 0 saturated carbocycles. The highest BCUT2D eigenvalue weighted by molar-refractivity contribution is 5.78. The minimum absolute atomic E-state index is 0.114. The molecular weight excluding hydrogens is 228 g/mol. The van der Waals surface area contributed by atoms with Crippen LogP contribution in [0.3, 0.4) is 0 Å². The van der Waals surface area contributed by atoms with Crippen LogP contribution < -0.4 is 10.6 Å². The molecule has 1 unspecified atom stereocenters. The molecule has 1 amide bonds. The Labute approximate surface area is 107 Å². The van der Waals surface area contributed by atoms with Crippen LogP contribution in [0.15, 0.2) is 24.3 Å². The molecule has 0 spiro atoms. The minimum atomic E-state index is 0.114. The van der Waals surface area contributed by atoms with Crippen molar-refractivity contribution in [1.82, 2.24) is 10.6 Å². The molecule has 3 N–H and O–H groups in total. The first-order valence-electron chi connectivity index (χ1n) is 6.52. The fraction of sp³-hybridized carbons (Fsp3) is 0.500. The normalized spacial score (nSPS) is 19.4. The number of rotatable bonds is 4. The zero-order chi connectivity index (χ0) is 12.8. The van der Waals surface area contributed by atoms with E-state index in [4.69, 9.17) is 0 Å². The second-order valence-corrected chi connectivity index (χ2v) is 4.75.